The molecule has 0 radical (unpaired) electrons. The summed E-state index contributed by atoms with van der Waals surface area (Å²) >= 11 is 0. The lowest BCUT2D eigenvalue weighted by Gasteiger charge is -2.18. The predicted octanol–water partition coefficient (Wildman–Crippen LogP) is 2.18. The monoisotopic (exact) mass is 273 g/mol. The molecule has 0 aliphatic carbocycles. The van der Waals surface area contributed by atoms with E-state index in [0.29, 0.717) is 0 Å². The number of hydrogen-bond acceptors (Lipinski definition) is 4. The highest BCUT2D eigenvalue weighted by molar-refractivity contribution is 5.90. The number of rotatable bonds is 5. The zero-order chi connectivity index (χ0) is 14.5. The summed E-state index contributed by atoms with van der Waals surface area (Å²) in [7, 11) is 0. The Kier molecular flexibility index (Phi) is 4.80. The molecule has 19 heavy (non-hydrogen) atoms. The minimum Gasteiger partial charge on any atom is -0.459 e. The van der Waals surface area contributed by atoms with E-state index in [-0.39, 0.29) is 18.0 Å². The molecule has 0 fully saturated rings. The predicted molar refractivity (Wildman–Crippen MR) is 63.0 cm³/mol. The number of ether oxygens (including phenoxy) is 2. The standard InChI is InChI=1S/C12H13F2NO4/c1-3-18-11(17)12(13,14)19-10-7-5-4-6-9(10)15-8(2)16/h4-7H,3H2,1-2H3,(H,15,16). The van der Waals surface area contributed by atoms with Crippen molar-refractivity contribution in [1.82, 2.24) is 0 Å². The third-order valence-electron chi connectivity index (χ3n) is 1.95. The first-order valence-electron chi connectivity index (χ1n) is 5.47. The van der Waals surface area contributed by atoms with E-state index in [9.17, 15) is 18.4 Å². The van der Waals surface area contributed by atoms with E-state index in [1.807, 2.05) is 0 Å². The number of alkyl halides is 2. The van der Waals surface area contributed by atoms with Gasteiger partial charge in [0.05, 0.1) is 12.3 Å². The zero-order valence-corrected chi connectivity index (χ0v) is 10.4. The minimum absolute atomic E-state index is 0.0407. The average molecular weight is 273 g/mol. The van der Waals surface area contributed by atoms with Crippen LogP contribution in [-0.4, -0.2) is 24.6 Å². The SMILES string of the molecule is CCOC(=O)C(F)(F)Oc1ccccc1NC(C)=O. The van der Waals surface area contributed by atoms with Gasteiger partial charge in [-0.3, -0.25) is 4.79 Å². The van der Waals surface area contributed by atoms with Crippen molar-refractivity contribution in [3.05, 3.63) is 24.3 Å². The van der Waals surface area contributed by atoms with Crippen molar-refractivity contribution in [2.75, 3.05) is 11.9 Å². The Labute approximate surface area is 108 Å². The number of amides is 1. The third kappa shape index (κ3) is 4.20. The van der Waals surface area contributed by atoms with Crippen LogP contribution >= 0.6 is 0 Å². The van der Waals surface area contributed by atoms with E-state index < -0.39 is 18.0 Å². The van der Waals surface area contributed by atoms with Crippen molar-refractivity contribution in [3.8, 4) is 5.75 Å². The quantitative estimate of drug-likeness (QED) is 0.835. The fourth-order valence-corrected chi connectivity index (χ4v) is 1.24. The molecule has 1 amide bonds. The second kappa shape index (κ2) is 6.12. The van der Waals surface area contributed by atoms with Crippen LogP contribution in [0.2, 0.25) is 0 Å². The first kappa shape index (κ1) is 14.9. The highest BCUT2D eigenvalue weighted by atomic mass is 19.3. The number of para-hydroxylation sites is 2. The summed E-state index contributed by atoms with van der Waals surface area (Å²) in [5.41, 5.74) is 0.0407. The van der Waals surface area contributed by atoms with Crippen molar-refractivity contribution in [2.45, 2.75) is 20.0 Å². The van der Waals surface area contributed by atoms with Crippen LogP contribution < -0.4 is 10.1 Å². The summed E-state index contributed by atoms with van der Waals surface area (Å²) in [5.74, 6) is -2.56. The molecule has 0 saturated heterocycles. The van der Waals surface area contributed by atoms with Crippen LogP contribution in [0.1, 0.15) is 13.8 Å². The van der Waals surface area contributed by atoms with Gasteiger partial charge in [-0.2, -0.15) is 8.78 Å². The van der Waals surface area contributed by atoms with E-state index in [1.165, 1.54) is 38.1 Å². The van der Waals surface area contributed by atoms with Crippen molar-refractivity contribution >= 4 is 17.6 Å². The van der Waals surface area contributed by atoms with Gasteiger partial charge in [-0.25, -0.2) is 4.79 Å². The lowest BCUT2D eigenvalue weighted by Crippen LogP contribution is -2.37. The van der Waals surface area contributed by atoms with Gasteiger partial charge in [0.1, 0.15) is 0 Å². The fourth-order valence-electron chi connectivity index (χ4n) is 1.24. The molecule has 0 saturated carbocycles. The molecule has 0 aliphatic rings. The smallest absolute Gasteiger partial charge is 0.459 e. The lowest BCUT2D eigenvalue weighted by molar-refractivity contribution is -0.216. The summed E-state index contributed by atoms with van der Waals surface area (Å²) in [5, 5.41) is 2.32. The van der Waals surface area contributed by atoms with E-state index in [2.05, 4.69) is 14.8 Å². The number of nitrogens with one attached hydrogen (secondary N) is 1. The number of esters is 1. The molecule has 0 bridgehead atoms. The number of carbonyl (C=O) groups is 2. The van der Waals surface area contributed by atoms with E-state index in [4.69, 9.17) is 0 Å². The Balaban J connectivity index is 2.92. The van der Waals surface area contributed by atoms with Gasteiger partial charge in [0.15, 0.2) is 5.75 Å². The normalized spacial score (nSPS) is 10.7. The number of halogens is 2. The molecule has 5 nitrogen and oxygen atoms in total. The molecule has 0 aliphatic heterocycles. The van der Waals surface area contributed by atoms with E-state index in [1.54, 1.807) is 0 Å². The summed E-state index contributed by atoms with van der Waals surface area (Å²) < 4.78 is 35.3. The Morgan fingerprint density at radius 1 is 1.32 bits per heavy atom. The van der Waals surface area contributed by atoms with Crippen LogP contribution in [0.3, 0.4) is 0 Å². The highest BCUT2D eigenvalue weighted by Crippen LogP contribution is 2.29. The number of benzene rings is 1. The summed E-state index contributed by atoms with van der Waals surface area (Å²) in [6.07, 6.45) is -4.12. The van der Waals surface area contributed by atoms with Gasteiger partial charge in [-0.15, -0.1) is 0 Å². The maximum Gasteiger partial charge on any atom is 0.502 e. The van der Waals surface area contributed by atoms with E-state index in [0.717, 1.165) is 0 Å². The first-order chi connectivity index (χ1) is 8.86. The van der Waals surface area contributed by atoms with Gasteiger partial charge in [-0.05, 0) is 19.1 Å². The van der Waals surface area contributed by atoms with Crippen LogP contribution in [0.5, 0.6) is 5.75 Å². The summed E-state index contributed by atoms with van der Waals surface area (Å²) in [6, 6.07) is 5.54. The van der Waals surface area contributed by atoms with Crippen molar-refractivity contribution in [1.29, 1.82) is 0 Å². The number of anilines is 1. The zero-order valence-electron chi connectivity index (χ0n) is 10.4. The topological polar surface area (TPSA) is 64.6 Å². The van der Waals surface area contributed by atoms with Crippen molar-refractivity contribution in [3.63, 3.8) is 0 Å². The maximum atomic E-state index is 13.4. The molecule has 1 N–H and O–H groups in total. The molecule has 0 spiro atoms. The minimum atomic E-state index is -4.12. The Bertz CT molecular complexity index is 477. The second-order valence-electron chi connectivity index (χ2n) is 3.52. The fraction of sp³-hybridized carbons (Fsp3) is 0.333. The molecule has 1 aromatic rings. The Hall–Kier alpha value is -2.18. The molecule has 1 aromatic carbocycles. The summed E-state index contributed by atoms with van der Waals surface area (Å²) in [4.78, 5) is 21.9. The molecular weight excluding hydrogens is 260 g/mol. The number of hydrogen-bond donors (Lipinski definition) is 1. The van der Waals surface area contributed by atoms with Gasteiger partial charge in [0.2, 0.25) is 5.91 Å². The van der Waals surface area contributed by atoms with Gasteiger partial charge < -0.3 is 14.8 Å². The molecule has 0 aromatic heterocycles. The van der Waals surface area contributed by atoms with Crippen molar-refractivity contribution in [2.24, 2.45) is 0 Å². The lowest BCUT2D eigenvalue weighted by atomic mass is 10.3. The molecule has 7 heteroatoms. The van der Waals surface area contributed by atoms with Crippen LogP contribution in [0.25, 0.3) is 0 Å². The van der Waals surface area contributed by atoms with Gasteiger partial charge in [-0.1, -0.05) is 12.1 Å². The van der Waals surface area contributed by atoms with Crippen LogP contribution in [-0.2, 0) is 14.3 Å². The first-order valence-corrected chi connectivity index (χ1v) is 5.47. The average Bonchev–Trinajstić information content (AvgIpc) is 2.31. The van der Waals surface area contributed by atoms with Gasteiger partial charge in [0.25, 0.3) is 0 Å². The Morgan fingerprint density at radius 3 is 2.53 bits per heavy atom. The number of carbonyl (C=O) groups excluding carboxylic acids is 2. The molecule has 1 rings (SSSR count). The molecule has 0 heterocycles. The maximum absolute atomic E-state index is 13.4. The largest absolute Gasteiger partial charge is 0.502 e. The van der Waals surface area contributed by atoms with Gasteiger partial charge in [0, 0.05) is 6.92 Å². The van der Waals surface area contributed by atoms with Gasteiger partial charge >= 0.3 is 12.1 Å². The van der Waals surface area contributed by atoms with E-state index >= 15 is 0 Å². The van der Waals surface area contributed by atoms with Crippen molar-refractivity contribution < 1.29 is 27.8 Å². The van der Waals surface area contributed by atoms with Crippen LogP contribution in [0, 0.1) is 0 Å². The van der Waals surface area contributed by atoms with Crippen LogP contribution in [0.4, 0.5) is 14.5 Å². The third-order valence-corrected chi connectivity index (χ3v) is 1.95. The molecule has 0 atom stereocenters. The molecular formula is C12H13F2NO4. The van der Waals surface area contributed by atoms with Crippen LogP contribution in [0.15, 0.2) is 24.3 Å². The Morgan fingerprint density at radius 2 is 1.95 bits per heavy atom. The molecule has 0 unspecified atom stereocenters. The highest BCUT2D eigenvalue weighted by Gasteiger charge is 2.44. The molecule has 104 valence electrons. The second-order valence-corrected chi connectivity index (χ2v) is 3.52. The summed E-state index contributed by atoms with van der Waals surface area (Å²) in [6.45, 7) is 2.44.